The van der Waals surface area contributed by atoms with Crippen molar-refractivity contribution in [3.05, 3.63) is 326 Å². The minimum atomic E-state index is 0.129. The quantitative estimate of drug-likeness (QED) is 0.0366. The smallest absolute Gasteiger partial charge is 0.126 e. The summed E-state index contributed by atoms with van der Waals surface area (Å²) in [7, 11) is 0. The Bertz CT molecular complexity index is 5640. The van der Waals surface area contributed by atoms with Gasteiger partial charge in [0.2, 0.25) is 0 Å². The van der Waals surface area contributed by atoms with Gasteiger partial charge in [0, 0.05) is 144 Å². The first kappa shape index (κ1) is 99.0. The second kappa shape index (κ2) is 48.1. The summed E-state index contributed by atoms with van der Waals surface area (Å²) in [5.41, 5.74) is 27.7. The van der Waals surface area contributed by atoms with Gasteiger partial charge in [0.15, 0.2) is 0 Å². The Morgan fingerprint density at radius 1 is 0.164 bits per heavy atom. The Hall–Kier alpha value is -12.6. The summed E-state index contributed by atoms with van der Waals surface area (Å²) in [4.78, 5) is 0. The Balaban J connectivity index is 1.04. The maximum Gasteiger partial charge on any atom is 0.126 e. The van der Waals surface area contributed by atoms with Crippen molar-refractivity contribution in [3.8, 4) is 92.0 Å². The number of rotatable bonds is 36. The number of hydrogen-bond donors (Lipinski definition) is 0. The Morgan fingerprint density at radius 3 is 0.464 bits per heavy atom. The third-order valence-electron chi connectivity index (χ3n) is 26.6. The number of para-hydroxylation sites is 4. The van der Waals surface area contributed by atoms with Crippen LogP contribution in [0.25, 0.3) is 0 Å². The topological polar surface area (TPSA) is 148 Å². The van der Waals surface area contributed by atoms with Crippen LogP contribution in [0.4, 0.5) is 0 Å². The zero-order chi connectivity index (χ0) is 96.8. The van der Waals surface area contributed by atoms with Crippen LogP contribution >= 0.6 is 0 Å². The van der Waals surface area contributed by atoms with Gasteiger partial charge < -0.3 is 75.8 Å². The van der Waals surface area contributed by atoms with Gasteiger partial charge in [-0.1, -0.05) is 180 Å². The summed E-state index contributed by atoms with van der Waals surface area (Å²) in [6, 6.07) is 63.0. The van der Waals surface area contributed by atoms with E-state index in [1.54, 1.807) is 0 Å². The zero-order valence-corrected chi connectivity index (χ0v) is 85.0. The molecule has 16 nitrogen and oxygen atoms in total. The molecule has 5 heterocycles. The number of benzene rings is 12. The van der Waals surface area contributed by atoms with Gasteiger partial charge in [0.1, 0.15) is 118 Å². The Labute approximate surface area is 831 Å². The molecule has 0 atom stereocenters. The van der Waals surface area contributed by atoms with Crippen molar-refractivity contribution >= 4 is 0 Å². The van der Waals surface area contributed by atoms with Crippen LogP contribution in [0.2, 0.25) is 0 Å². The summed E-state index contributed by atoms with van der Waals surface area (Å²) in [6.07, 6.45) is 14.7. The molecule has 0 fully saturated rings. The van der Waals surface area contributed by atoms with Crippen LogP contribution in [0.15, 0.2) is 170 Å². The fraction of sp³-hybridized carbons (Fsp3) is 0.419. The molecular weight excluding hydrogens is 1750 g/mol. The van der Waals surface area contributed by atoms with E-state index in [1.165, 1.54) is 0 Å². The van der Waals surface area contributed by atoms with Crippen molar-refractivity contribution in [1.29, 1.82) is 0 Å². The molecule has 0 saturated carbocycles. The van der Waals surface area contributed by atoms with E-state index < -0.39 is 0 Å². The lowest BCUT2D eigenvalue weighted by atomic mass is 9.86. The molecule has 20 rings (SSSR count). The average Bonchev–Trinajstić information content (AvgIpc) is 0.770. The van der Waals surface area contributed by atoms with E-state index in [-0.39, 0.29) is 26.4 Å². The van der Waals surface area contributed by atoms with Crippen LogP contribution in [0.3, 0.4) is 0 Å². The summed E-state index contributed by atoms with van der Waals surface area (Å²) in [5.74, 6) is 12.6. The molecule has 0 aromatic heterocycles. The fourth-order valence-corrected chi connectivity index (χ4v) is 20.4. The highest BCUT2D eigenvalue weighted by Crippen LogP contribution is 2.49. The molecule has 0 N–H and O–H groups in total. The molecule has 0 amide bonds. The molecule has 736 valence electrons. The third kappa shape index (κ3) is 23.5. The molecular formula is C124H144O16. The zero-order valence-electron chi connectivity index (χ0n) is 85.0. The van der Waals surface area contributed by atoms with Gasteiger partial charge in [0.25, 0.3) is 0 Å². The van der Waals surface area contributed by atoms with Gasteiger partial charge in [-0.05, 0) is 239 Å². The number of hydrogen-bond acceptors (Lipinski definition) is 16. The summed E-state index contributed by atoms with van der Waals surface area (Å²) in [6.45, 7) is 32.8. The molecule has 8 aliphatic rings. The summed E-state index contributed by atoms with van der Waals surface area (Å²) < 4.78 is 118. The van der Waals surface area contributed by atoms with Gasteiger partial charge >= 0.3 is 0 Å². The van der Waals surface area contributed by atoms with E-state index in [9.17, 15) is 0 Å². The van der Waals surface area contributed by atoms with Crippen molar-refractivity contribution in [2.75, 3.05) is 79.3 Å². The van der Waals surface area contributed by atoms with E-state index in [4.69, 9.17) is 75.8 Å². The predicted octanol–water partition coefficient (Wildman–Crippen LogP) is 28.1. The highest BCUT2D eigenvalue weighted by Gasteiger charge is 2.33. The molecule has 16 heteroatoms. The van der Waals surface area contributed by atoms with Gasteiger partial charge in [-0.25, -0.2) is 0 Å². The largest absolute Gasteiger partial charge is 0.494 e. The molecule has 0 radical (unpaired) electrons. The van der Waals surface area contributed by atoms with Gasteiger partial charge in [-0.3, -0.25) is 0 Å². The molecule has 140 heavy (non-hydrogen) atoms. The first-order valence-electron chi connectivity index (χ1n) is 52.5. The molecule has 0 spiro atoms. The van der Waals surface area contributed by atoms with Crippen molar-refractivity contribution < 1.29 is 75.8 Å². The van der Waals surface area contributed by atoms with Gasteiger partial charge in [0.05, 0.1) is 79.3 Å². The first-order chi connectivity index (χ1) is 68.8. The third-order valence-corrected chi connectivity index (χ3v) is 26.6. The van der Waals surface area contributed by atoms with Crippen LogP contribution in [-0.4, -0.2) is 79.3 Å². The highest BCUT2D eigenvalue weighted by atomic mass is 16.5. The van der Waals surface area contributed by atoms with E-state index in [0.29, 0.717) is 156 Å². The molecule has 0 unspecified atom stereocenters. The van der Waals surface area contributed by atoms with Gasteiger partial charge in [-0.2, -0.15) is 0 Å². The van der Waals surface area contributed by atoms with E-state index in [2.05, 4.69) is 253 Å². The lowest BCUT2D eigenvalue weighted by Gasteiger charge is -2.27. The maximum atomic E-state index is 8.26. The first-order valence-corrected chi connectivity index (χ1v) is 52.5. The average molecular weight is 1890 g/mol. The van der Waals surface area contributed by atoms with E-state index in [1.807, 2.05) is 0 Å². The lowest BCUT2D eigenvalue weighted by Crippen LogP contribution is -2.15. The lowest BCUT2D eigenvalue weighted by molar-refractivity contribution is 0.290. The summed E-state index contributed by atoms with van der Waals surface area (Å²) in [5, 5.41) is 0. The molecule has 3 aliphatic carbocycles. The molecule has 12 aromatic carbocycles. The van der Waals surface area contributed by atoms with Crippen molar-refractivity contribution in [3.63, 3.8) is 0 Å². The van der Waals surface area contributed by atoms with Crippen LogP contribution in [0.1, 0.15) is 316 Å². The second-order valence-corrected chi connectivity index (χ2v) is 38.3. The van der Waals surface area contributed by atoms with E-state index >= 15 is 0 Å². The minimum absolute atomic E-state index is 0.129. The Morgan fingerprint density at radius 2 is 0.307 bits per heavy atom. The molecule has 12 aromatic rings. The fourth-order valence-electron chi connectivity index (χ4n) is 20.4. The molecule has 32 bridgehead atoms. The van der Waals surface area contributed by atoms with Crippen molar-refractivity contribution in [2.45, 2.75) is 264 Å². The Kier molecular flexibility index (Phi) is 34.0. The van der Waals surface area contributed by atoms with Crippen molar-refractivity contribution in [1.82, 2.24) is 0 Å². The van der Waals surface area contributed by atoms with Crippen LogP contribution in [0, 0.1) is 0 Å². The normalized spacial score (nSPS) is 13.5. The monoisotopic (exact) mass is 1890 g/mol. The number of fused-ring (bicyclic) bond motifs is 4. The predicted molar refractivity (Wildman–Crippen MR) is 558 cm³/mol. The van der Waals surface area contributed by atoms with Gasteiger partial charge in [-0.15, -0.1) is 0 Å². The molecule has 5 aliphatic heterocycles. The minimum Gasteiger partial charge on any atom is -0.494 e. The molecule has 0 saturated heterocycles. The van der Waals surface area contributed by atoms with Crippen molar-refractivity contribution in [2.24, 2.45) is 0 Å². The van der Waals surface area contributed by atoms with Crippen LogP contribution in [0.5, 0.6) is 92.0 Å². The summed E-state index contributed by atoms with van der Waals surface area (Å²) >= 11 is 0. The maximum absolute atomic E-state index is 8.26. The number of ether oxygens (including phenoxy) is 16. The standard InChI is InChI=1S/C124H144O16/c1-13-37-125-107-65-95-53-83-29-25-31-85-55-97-67-108(126-38-14-2)68-98(120(97)132-44-20-8)56-86-32-26-30-84(54-96(66-107)119(95)131-43-19-7)116(86)138-78-82-50-92-62-104-74-111(129-41-17-5)73-103(123(104)135-47-23-11)61-91-49-81(77-137-115(83)85)51-93-63-105-75-112(130-42-18-6)76-106(124(105)136-48-24-12)64-94(52-82)114(92)80-140-118-88-34-28-36-90(118)60-102-72-110(128-40-16-4)71-101(122(102)134-46-22-10)59-89-35-27-33-87(117(89)139-79-113(91)93)57-99-69-109(127-39-15-3)70-100(58-88)121(99)133-45-21-9/h25-36,49-52,65-76H,13-24,37-48,53-64,77-80H2,1-12H3. The van der Waals surface area contributed by atoms with Crippen LogP contribution < -0.4 is 75.8 Å². The second-order valence-electron chi connectivity index (χ2n) is 38.3. The van der Waals surface area contributed by atoms with E-state index in [0.717, 1.165) is 325 Å². The highest BCUT2D eigenvalue weighted by molar-refractivity contribution is 5.65. The van der Waals surface area contributed by atoms with Crippen LogP contribution in [-0.2, 0) is 103 Å². The SMILES string of the molecule is CCCOc1cc2c(OCCC)c(c1)Cc1cc3cc4c1COc1c5cccc1Cc1cc(OCCC)cc(c1OCCC)Cc1cccc(c1OCc1c(cc(cc1Cc1cc(OCCC)cc(c1OCCC)C4)COc1c4cccc1Cc1cc(OCCC)cc(c1OCCC)Cc1cccc(c1OC3)Cc1cc(OCCC)cc(c1OCCC)C4)C2)Cc1cc(OCCC)cc(c1OCCC)C5.